The number of halogens is 2. The molecular formula is C15H19F2N3. The second-order valence-corrected chi connectivity index (χ2v) is 5.30. The van der Waals surface area contributed by atoms with Crippen LogP contribution in [-0.4, -0.2) is 9.78 Å². The molecule has 0 bridgehead atoms. The van der Waals surface area contributed by atoms with Crippen LogP contribution in [0.25, 0.3) is 0 Å². The first kappa shape index (κ1) is 14.7. The maximum Gasteiger partial charge on any atom is 0.126 e. The van der Waals surface area contributed by atoms with Gasteiger partial charge in [-0.25, -0.2) is 8.78 Å². The molecule has 1 aromatic heterocycles. The fourth-order valence-corrected chi connectivity index (χ4v) is 2.02. The molecule has 0 spiro atoms. The Kier molecular flexibility index (Phi) is 4.84. The summed E-state index contributed by atoms with van der Waals surface area (Å²) in [5.41, 5.74) is 1.51. The van der Waals surface area contributed by atoms with Gasteiger partial charge >= 0.3 is 0 Å². The first-order valence-corrected chi connectivity index (χ1v) is 6.71. The van der Waals surface area contributed by atoms with Crippen molar-refractivity contribution in [1.82, 2.24) is 15.1 Å². The summed E-state index contributed by atoms with van der Waals surface area (Å²) in [6.45, 7) is 6.14. The van der Waals surface area contributed by atoms with Crippen LogP contribution < -0.4 is 5.32 Å². The Bertz CT molecular complexity index is 544. The summed E-state index contributed by atoms with van der Waals surface area (Å²) in [6.07, 6.45) is 1.94. The highest BCUT2D eigenvalue weighted by Crippen LogP contribution is 2.08. The van der Waals surface area contributed by atoms with Crippen LogP contribution in [-0.2, 0) is 19.6 Å². The Morgan fingerprint density at radius 2 is 1.85 bits per heavy atom. The van der Waals surface area contributed by atoms with Crippen molar-refractivity contribution in [3.63, 3.8) is 0 Å². The van der Waals surface area contributed by atoms with Crippen molar-refractivity contribution in [1.29, 1.82) is 0 Å². The highest BCUT2D eigenvalue weighted by atomic mass is 19.1. The van der Waals surface area contributed by atoms with Gasteiger partial charge < -0.3 is 5.32 Å². The topological polar surface area (TPSA) is 29.9 Å². The van der Waals surface area contributed by atoms with Gasteiger partial charge in [-0.3, -0.25) is 4.68 Å². The molecule has 0 aliphatic rings. The average molecular weight is 279 g/mol. The minimum Gasteiger partial charge on any atom is -0.307 e. The molecule has 1 N–H and O–H groups in total. The second-order valence-electron chi connectivity index (χ2n) is 5.30. The number of nitrogens with zero attached hydrogens (tertiary/aromatic N) is 2. The van der Waals surface area contributed by atoms with Crippen molar-refractivity contribution in [2.24, 2.45) is 5.92 Å². The number of hydrogen-bond acceptors (Lipinski definition) is 2. The molecule has 0 radical (unpaired) electrons. The summed E-state index contributed by atoms with van der Waals surface area (Å²) in [5.74, 6) is -0.558. The van der Waals surface area contributed by atoms with Crippen LogP contribution in [0, 0.1) is 17.6 Å². The quantitative estimate of drug-likeness (QED) is 0.880. The smallest absolute Gasteiger partial charge is 0.126 e. The van der Waals surface area contributed by atoms with Crippen molar-refractivity contribution in [3.05, 3.63) is 53.4 Å². The largest absolute Gasteiger partial charge is 0.307 e. The van der Waals surface area contributed by atoms with E-state index in [-0.39, 0.29) is 0 Å². The predicted molar refractivity (Wildman–Crippen MR) is 74.0 cm³/mol. The van der Waals surface area contributed by atoms with E-state index in [1.807, 2.05) is 16.9 Å². The van der Waals surface area contributed by atoms with Gasteiger partial charge in [-0.15, -0.1) is 0 Å². The van der Waals surface area contributed by atoms with Crippen molar-refractivity contribution < 1.29 is 8.78 Å². The fourth-order valence-electron chi connectivity index (χ4n) is 2.02. The van der Waals surface area contributed by atoms with Gasteiger partial charge in [0.05, 0.1) is 5.69 Å². The fraction of sp³-hybridized carbons (Fsp3) is 0.400. The summed E-state index contributed by atoms with van der Waals surface area (Å²) in [4.78, 5) is 0. The maximum absolute atomic E-state index is 13.0. The summed E-state index contributed by atoms with van der Waals surface area (Å²) in [7, 11) is 0. The summed E-state index contributed by atoms with van der Waals surface area (Å²) in [5, 5.41) is 7.55. The van der Waals surface area contributed by atoms with E-state index >= 15 is 0 Å². The Hall–Kier alpha value is -1.75. The monoisotopic (exact) mass is 279 g/mol. The van der Waals surface area contributed by atoms with E-state index in [0.717, 1.165) is 18.3 Å². The molecule has 108 valence electrons. The lowest BCUT2D eigenvalue weighted by Gasteiger charge is -2.05. The van der Waals surface area contributed by atoms with Gasteiger partial charge in [-0.1, -0.05) is 13.8 Å². The van der Waals surface area contributed by atoms with E-state index in [0.29, 0.717) is 24.6 Å². The molecule has 0 saturated carbocycles. The normalized spacial score (nSPS) is 11.2. The number of nitrogens with one attached hydrogen (secondary N) is 1. The van der Waals surface area contributed by atoms with Gasteiger partial charge in [-0.05, 0) is 29.7 Å². The van der Waals surface area contributed by atoms with Gasteiger partial charge in [0.15, 0.2) is 0 Å². The minimum absolute atomic E-state index is 0.408. The molecule has 0 amide bonds. The Balaban J connectivity index is 1.84. The zero-order chi connectivity index (χ0) is 14.5. The molecule has 0 atom stereocenters. The first-order chi connectivity index (χ1) is 9.52. The van der Waals surface area contributed by atoms with Crippen LogP contribution in [0.1, 0.15) is 25.1 Å². The van der Waals surface area contributed by atoms with Gasteiger partial charge in [0.25, 0.3) is 0 Å². The molecule has 5 heteroatoms. The Labute approximate surface area is 117 Å². The molecule has 2 aromatic rings. The standard InChI is InChI=1S/C15H19F2N3/c1-11(2)10-20-4-3-15(19-20)9-18-8-12-5-13(16)7-14(17)6-12/h3-7,11,18H,8-10H2,1-2H3. The Morgan fingerprint density at radius 3 is 2.50 bits per heavy atom. The van der Waals surface area contributed by atoms with E-state index < -0.39 is 11.6 Å². The molecule has 0 aliphatic carbocycles. The number of benzene rings is 1. The van der Waals surface area contributed by atoms with Crippen LogP contribution in [0.5, 0.6) is 0 Å². The summed E-state index contributed by atoms with van der Waals surface area (Å²) >= 11 is 0. The maximum atomic E-state index is 13.0. The van der Waals surface area contributed by atoms with E-state index in [1.54, 1.807) is 0 Å². The molecule has 20 heavy (non-hydrogen) atoms. The zero-order valence-corrected chi connectivity index (χ0v) is 11.7. The van der Waals surface area contributed by atoms with Crippen LogP contribution in [0.4, 0.5) is 8.78 Å². The van der Waals surface area contributed by atoms with Crippen LogP contribution in [0.3, 0.4) is 0 Å². The van der Waals surface area contributed by atoms with E-state index in [9.17, 15) is 8.78 Å². The second kappa shape index (κ2) is 6.61. The Morgan fingerprint density at radius 1 is 1.15 bits per heavy atom. The van der Waals surface area contributed by atoms with E-state index in [4.69, 9.17) is 0 Å². The molecule has 0 saturated heterocycles. The average Bonchev–Trinajstić information content (AvgIpc) is 2.74. The molecule has 2 rings (SSSR count). The molecule has 1 heterocycles. The van der Waals surface area contributed by atoms with Crippen LogP contribution >= 0.6 is 0 Å². The third kappa shape index (κ3) is 4.42. The minimum atomic E-state index is -0.553. The lowest BCUT2D eigenvalue weighted by atomic mass is 10.2. The third-order valence-electron chi connectivity index (χ3n) is 2.81. The highest BCUT2D eigenvalue weighted by Gasteiger charge is 2.03. The molecule has 0 fully saturated rings. The molecule has 3 nitrogen and oxygen atoms in total. The van der Waals surface area contributed by atoms with E-state index in [2.05, 4.69) is 24.3 Å². The lowest BCUT2D eigenvalue weighted by Crippen LogP contribution is -2.14. The predicted octanol–water partition coefficient (Wildman–Crippen LogP) is 3.11. The van der Waals surface area contributed by atoms with Crippen molar-refractivity contribution in [2.45, 2.75) is 33.5 Å². The number of aromatic nitrogens is 2. The zero-order valence-electron chi connectivity index (χ0n) is 11.7. The highest BCUT2D eigenvalue weighted by molar-refractivity contribution is 5.17. The van der Waals surface area contributed by atoms with Crippen molar-refractivity contribution >= 4 is 0 Å². The van der Waals surface area contributed by atoms with Gasteiger partial charge in [0, 0.05) is 31.9 Å². The molecule has 1 aromatic carbocycles. The van der Waals surface area contributed by atoms with Crippen LogP contribution in [0.2, 0.25) is 0 Å². The molecular weight excluding hydrogens is 260 g/mol. The number of hydrogen-bond donors (Lipinski definition) is 1. The van der Waals surface area contributed by atoms with Gasteiger partial charge in [0.2, 0.25) is 0 Å². The molecule has 0 aliphatic heterocycles. The van der Waals surface area contributed by atoms with Crippen molar-refractivity contribution in [2.75, 3.05) is 0 Å². The van der Waals surface area contributed by atoms with Crippen molar-refractivity contribution in [3.8, 4) is 0 Å². The first-order valence-electron chi connectivity index (χ1n) is 6.71. The SMILES string of the molecule is CC(C)Cn1ccc(CNCc2cc(F)cc(F)c2)n1. The lowest BCUT2D eigenvalue weighted by molar-refractivity contribution is 0.477. The van der Waals surface area contributed by atoms with Crippen LogP contribution in [0.15, 0.2) is 30.5 Å². The van der Waals surface area contributed by atoms with E-state index in [1.165, 1.54) is 12.1 Å². The van der Waals surface area contributed by atoms with Gasteiger partial charge in [0.1, 0.15) is 11.6 Å². The summed E-state index contributed by atoms with van der Waals surface area (Å²) in [6, 6.07) is 5.47. The molecule has 0 unspecified atom stereocenters. The van der Waals surface area contributed by atoms with Gasteiger partial charge in [-0.2, -0.15) is 5.10 Å². The third-order valence-corrected chi connectivity index (χ3v) is 2.81. The summed E-state index contributed by atoms with van der Waals surface area (Å²) < 4.78 is 27.9. The number of rotatable bonds is 6.